The van der Waals surface area contributed by atoms with E-state index in [4.69, 9.17) is 0 Å². The van der Waals surface area contributed by atoms with Crippen LogP contribution in [0.4, 0.5) is 0 Å². The van der Waals surface area contributed by atoms with Crippen LogP contribution in [-0.4, -0.2) is 30.6 Å². The summed E-state index contributed by atoms with van der Waals surface area (Å²) in [4.78, 5) is 5.68. The van der Waals surface area contributed by atoms with Gasteiger partial charge in [-0.15, -0.1) is 11.3 Å². The minimum atomic E-state index is 0.566. The Balaban J connectivity index is 1.82. The first-order valence-electron chi connectivity index (χ1n) is 8.29. The molecule has 3 heteroatoms. The molecule has 1 aromatic rings. The van der Waals surface area contributed by atoms with Gasteiger partial charge in [0, 0.05) is 28.9 Å². The van der Waals surface area contributed by atoms with Crippen LogP contribution in [0, 0.1) is 0 Å². The predicted octanol–water partition coefficient (Wildman–Crippen LogP) is 3.84. The van der Waals surface area contributed by atoms with Crippen molar-refractivity contribution in [1.29, 1.82) is 0 Å². The summed E-state index contributed by atoms with van der Waals surface area (Å²) in [5.41, 5.74) is 1.64. The molecule has 0 aromatic carbocycles. The molecule has 1 aliphatic carbocycles. The highest BCUT2D eigenvalue weighted by Crippen LogP contribution is 2.28. The lowest BCUT2D eigenvalue weighted by molar-refractivity contribution is 0.271. The lowest BCUT2D eigenvalue weighted by atomic mass is 10.1. The molecule has 0 amide bonds. The summed E-state index contributed by atoms with van der Waals surface area (Å²) < 4.78 is 0. The summed E-state index contributed by atoms with van der Waals surface area (Å²) in [5, 5.41) is 3.69. The first-order valence-corrected chi connectivity index (χ1v) is 9.10. The minimum absolute atomic E-state index is 0.566. The van der Waals surface area contributed by atoms with Gasteiger partial charge in [-0.3, -0.25) is 0 Å². The zero-order valence-corrected chi connectivity index (χ0v) is 14.2. The second kappa shape index (κ2) is 8.16. The molecule has 0 saturated heterocycles. The Morgan fingerprint density at radius 1 is 1.20 bits per heavy atom. The maximum absolute atomic E-state index is 3.69. The molecule has 1 heterocycles. The van der Waals surface area contributed by atoms with E-state index in [0.29, 0.717) is 6.04 Å². The normalized spacial score (nSPS) is 17.0. The Hall–Kier alpha value is -0.380. The van der Waals surface area contributed by atoms with Gasteiger partial charge in [0.05, 0.1) is 0 Å². The molecule has 0 radical (unpaired) electrons. The van der Waals surface area contributed by atoms with Gasteiger partial charge in [0.1, 0.15) is 0 Å². The zero-order chi connectivity index (χ0) is 14.4. The van der Waals surface area contributed by atoms with Crippen molar-refractivity contribution >= 4 is 11.3 Å². The monoisotopic (exact) mass is 294 g/mol. The Morgan fingerprint density at radius 3 is 2.70 bits per heavy atom. The first-order chi connectivity index (χ1) is 9.72. The molecule has 0 aliphatic heterocycles. The first kappa shape index (κ1) is 16.0. The number of rotatable bonds is 7. The van der Waals surface area contributed by atoms with Crippen LogP contribution in [0.25, 0.3) is 0 Å². The van der Waals surface area contributed by atoms with E-state index in [2.05, 4.69) is 37.1 Å². The summed E-state index contributed by atoms with van der Waals surface area (Å²) in [5.74, 6) is 0. The Labute approximate surface area is 128 Å². The molecular formula is C17H30N2S. The molecule has 1 atom stereocenters. The average molecular weight is 295 g/mol. The molecule has 0 saturated carbocycles. The fourth-order valence-electron chi connectivity index (χ4n) is 3.02. The van der Waals surface area contributed by atoms with Crippen LogP contribution in [-0.2, 0) is 19.4 Å². The van der Waals surface area contributed by atoms with Gasteiger partial charge in [0.2, 0.25) is 0 Å². The lowest BCUT2D eigenvalue weighted by Gasteiger charge is -2.23. The van der Waals surface area contributed by atoms with Gasteiger partial charge in [0.15, 0.2) is 0 Å². The van der Waals surface area contributed by atoms with Gasteiger partial charge >= 0.3 is 0 Å². The van der Waals surface area contributed by atoms with E-state index < -0.39 is 0 Å². The number of fused-ring (bicyclic) bond motifs is 1. The summed E-state index contributed by atoms with van der Waals surface area (Å²) >= 11 is 2.04. The number of hydrogen-bond donors (Lipinski definition) is 1. The highest BCUT2D eigenvalue weighted by molar-refractivity contribution is 7.12. The largest absolute Gasteiger partial charge is 0.308 e. The Morgan fingerprint density at radius 2 is 1.95 bits per heavy atom. The smallest absolute Gasteiger partial charge is 0.0302 e. The van der Waals surface area contributed by atoms with Gasteiger partial charge in [-0.2, -0.15) is 0 Å². The second-order valence-electron chi connectivity index (χ2n) is 5.99. The molecule has 20 heavy (non-hydrogen) atoms. The fraction of sp³-hybridized carbons (Fsp3) is 0.765. The van der Waals surface area contributed by atoms with E-state index in [1.807, 2.05) is 11.3 Å². The number of nitrogens with zero attached hydrogens (tertiary/aromatic N) is 1. The number of thiophene rings is 1. The highest BCUT2D eigenvalue weighted by Gasteiger charge is 2.13. The second-order valence-corrected chi connectivity index (χ2v) is 7.21. The number of aryl methyl sites for hydroxylation is 2. The van der Waals surface area contributed by atoms with Crippen LogP contribution in [0.2, 0.25) is 0 Å². The van der Waals surface area contributed by atoms with Crippen LogP contribution < -0.4 is 5.32 Å². The van der Waals surface area contributed by atoms with E-state index in [-0.39, 0.29) is 0 Å². The van der Waals surface area contributed by atoms with Gasteiger partial charge in [-0.05, 0) is 57.3 Å². The highest BCUT2D eigenvalue weighted by atomic mass is 32.1. The van der Waals surface area contributed by atoms with E-state index >= 15 is 0 Å². The standard InChI is InChI=1S/C17H30N2S/c1-4-19(5-2)13-14(3)18-12-16-11-15-9-7-6-8-10-17(15)20-16/h11,14,18H,4-10,12-13H2,1-3H3. The topological polar surface area (TPSA) is 15.3 Å². The average Bonchev–Trinajstić information content (AvgIpc) is 2.72. The molecule has 114 valence electrons. The van der Waals surface area contributed by atoms with Crippen LogP contribution in [0.15, 0.2) is 6.07 Å². The van der Waals surface area contributed by atoms with E-state index in [1.165, 1.54) is 37.0 Å². The minimum Gasteiger partial charge on any atom is -0.308 e. The maximum Gasteiger partial charge on any atom is 0.0302 e. The van der Waals surface area contributed by atoms with E-state index in [0.717, 1.165) is 26.2 Å². The third kappa shape index (κ3) is 4.57. The maximum atomic E-state index is 3.69. The number of likely N-dealkylation sites (N-methyl/N-ethyl adjacent to an activating group) is 1. The molecule has 0 bridgehead atoms. The van der Waals surface area contributed by atoms with Crippen molar-refractivity contribution < 1.29 is 0 Å². The summed E-state index contributed by atoms with van der Waals surface area (Å²) in [6, 6.07) is 3.03. The summed E-state index contributed by atoms with van der Waals surface area (Å²) in [7, 11) is 0. The Kier molecular flexibility index (Phi) is 6.53. The van der Waals surface area contributed by atoms with Crippen molar-refractivity contribution in [2.75, 3.05) is 19.6 Å². The van der Waals surface area contributed by atoms with E-state index in [9.17, 15) is 0 Å². The van der Waals surface area contributed by atoms with Crippen molar-refractivity contribution in [1.82, 2.24) is 10.2 Å². The van der Waals surface area contributed by atoms with Gasteiger partial charge in [0.25, 0.3) is 0 Å². The molecule has 2 rings (SSSR count). The van der Waals surface area contributed by atoms with Crippen molar-refractivity contribution in [3.8, 4) is 0 Å². The number of nitrogens with one attached hydrogen (secondary N) is 1. The van der Waals surface area contributed by atoms with Crippen LogP contribution in [0.3, 0.4) is 0 Å². The molecule has 0 fully saturated rings. The molecule has 1 N–H and O–H groups in total. The van der Waals surface area contributed by atoms with Crippen molar-refractivity contribution in [3.05, 3.63) is 21.4 Å². The Bertz CT molecular complexity index is 372. The van der Waals surface area contributed by atoms with Crippen molar-refractivity contribution in [3.63, 3.8) is 0 Å². The molecule has 0 spiro atoms. The van der Waals surface area contributed by atoms with Crippen LogP contribution >= 0.6 is 11.3 Å². The van der Waals surface area contributed by atoms with Crippen molar-refractivity contribution in [2.45, 2.75) is 65.5 Å². The van der Waals surface area contributed by atoms with Gasteiger partial charge in [-0.25, -0.2) is 0 Å². The van der Waals surface area contributed by atoms with Crippen LogP contribution in [0.5, 0.6) is 0 Å². The third-order valence-electron chi connectivity index (χ3n) is 4.35. The summed E-state index contributed by atoms with van der Waals surface area (Å²) in [6.45, 7) is 11.3. The lowest BCUT2D eigenvalue weighted by Crippen LogP contribution is -2.38. The molecule has 1 unspecified atom stereocenters. The quantitative estimate of drug-likeness (QED) is 0.769. The third-order valence-corrected chi connectivity index (χ3v) is 5.59. The summed E-state index contributed by atoms with van der Waals surface area (Å²) in [6.07, 6.45) is 6.80. The molecule has 1 aromatic heterocycles. The van der Waals surface area contributed by atoms with Gasteiger partial charge in [-0.1, -0.05) is 20.3 Å². The van der Waals surface area contributed by atoms with E-state index in [1.54, 1.807) is 10.4 Å². The fourth-order valence-corrected chi connectivity index (χ4v) is 4.24. The van der Waals surface area contributed by atoms with Crippen molar-refractivity contribution in [2.24, 2.45) is 0 Å². The zero-order valence-electron chi connectivity index (χ0n) is 13.4. The SMILES string of the molecule is CCN(CC)CC(C)NCc1cc2c(s1)CCCCC2. The predicted molar refractivity (Wildman–Crippen MR) is 89.7 cm³/mol. The van der Waals surface area contributed by atoms with Gasteiger partial charge < -0.3 is 10.2 Å². The number of hydrogen-bond acceptors (Lipinski definition) is 3. The molecule has 2 nitrogen and oxygen atoms in total. The molecule has 1 aliphatic rings. The molecular weight excluding hydrogens is 264 g/mol. The van der Waals surface area contributed by atoms with Crippen LogP contribution in [0.1, 0.15) is 55.4 Å².